The predicted octanol–water partition coefficient (Wildman–Crippen LogP) is 0.587. The standard InChI is InChI=1S/C10H16N4O/c1-3-9-4-5-12-10(14-9)13-7-6-11-8(2)15/h4-5H,3,6-7H2,1-2H3,(H,11,15)(H,12,13,14). The molecule has 0 spiro atoms. The highest BCUT2D eigenvalue weighted by atomic mass is 16.1. The maximum atomic E-state index is 10.6. The number of nitrogens with zero attached hydrogens (tertiary/aromatic N) is 2. The number of carbonyl (C=O) groups is 1. The minimum atomic E-state index is -0.0278. The highest BCUT2D eigenvalue weighted by molar-refractivity contribution is 5.72. The van der Waals surface area contributed by atoms with E-state index in [-0.39, 0.29) is 5.91 Å². The molecule has 15 heavy (non-hydrogen) atoms. The number of aromatic nitrogens is 2. The minimum absolute atomic E-state index is 0.0278. The number of rotatable bonds is 5. The van der Waals surface area contributed by atoms with Crippen LogP contribution in [0.5, 0.6) is 0 Å². The fraction of sp³-hybridized carbons (Fsp3) is 0.500. The van der Waals surface area contributed by atoms with Crippen molar-refractivity contribution in [1.29, 1.82) is 0 Å². The molecule has 1 aromatic rings. The Morgan fingerprint density at radius 2 is 2.27 bits per heavy atom. The molecule has 1 rings (SSSR count). The number of hydrogen-bond donors (Lipinski definition) is 2. The van der Waals surface area contributed by atoms with Gasteiger partial charge in [-0.3, -0.25) is 4.79 Å². The first kappa shape index (κ1) is 11.4. The lowest BCUT2D eigenvalue weighted by Gasteiger charge is -2.05. The second kappa shape index (κ2) is 5.95. The summed E-state index contributed by atoms with van der Waals surface area (Å²) in [6.45, 7) is 4.75. The second-order valence-electron chi connectivity index (χ2n) is 3.13. The summed E-state index contributed by atoms with van der Waals surface area (Å²) in [5.74, 6) is 0.583. The van der Waals surface area contributed by atoms with Crippen LogP contribution in [0.15, 0.2) is 12.3 Å². The van der Waals surface area contributed by atoms with Gasteiger partial charge in [-0.2, -0.15) is 0 Å². The zero-order chi connectivity index (χ0) is 11.1. The van der Waals surface area contributed by atoms with E-state index in [1.165, 1.54) is 6.92 Å². The Morgan fingerprint density at radius 3 is 2.93 bits per heavy atom. The molecule has 0 saturated carbocycles. The Bertz CT molecular complexity index is 327. The highest BCUT2D eigenvalue weighted by Gasteiger charge is 1.96. The van der Waals surface area contributed by atoms with Crippen LogP contribution < -0.4 is 10.6 Å². The van der Waals surface area contributed by atoms with E-state index in [2.05, 4.69) is 20.6 Å². The van der Waals surface area contributed by atoms with Crippen molar-refractivity contribution in [2.45, 2.75) is 20.3 Å². The summed E-state index contributed by atoms with van der Waals surface area (Å²) in [6.07, 6.45) is 2.62. The third-order valence-electron chi connectivity index (χ3n) is 1.86. The third kappa shape index (κ3) is 4.39. The molecule has 5 nitrogen and oxygen atoms in total. The fourth-order valence-corrected chi connectivity index (χ4v) is 1.09. The van der Waals surface area contributed by atoms with Crippen LogP contribution in [-0.4, -0.2) is 29.0 Å². The SMILES string of the molecule is CCc1ccnc(NCCNC(C)=O)n1. The van der Waals surface area contributed by atoms with E-state index < -0.39 is 0 Å². The quantitative estimate of drug-likeness (QED) is 0.695. The first-order chi connectivity index (χ1) is 7.22. The second-order valence-corrected chi connectivity index (χ2v) is 3.13. The monoisotopic (exact) mass is 208 g/mol. The van der Waals surface area contributed by atoms with Crippen molar-refractivity contribution in [3.63, 3.8) is 0 Å². The molecule has 5 heteroatoms. The van der Waals surface area contributed by atoms with Gasteiger partial charge in [0.25, 0.3) is 0 Å². The van der Waals surface area contributed by atoms with Crippen molar-refractivity contribution in [1.82, 2.24) is 15.3 Å². The molecule has 0 aliphatic carbocycles. The molecule has 0 saturated heterocycles. The zero-order valence-electron chi connectivity index (χ0n) is 9.08. The van der Waals surface area contributed by atoms with E-state index in [4.69, 9.17) is 0 Å². The zero-order valence-corrected chi connectivity index (χ0v) is 9.08. The van der Waals surface area contributed by atoms with Crippen molar-refractivity contribution in [3.8, 4) is 0 Å². The molecule has 0 bridgehead atoms. The van der Waals surface area contributed by atoms with Crippen LogP contribution in [-0.2, 0) is 11.2 Å². The number of aryl methyl sites for hydroxylation is 1. The number of amides is 1. The van der Waals surface area contributed by atoms with Gasteiger partial charge < -0.3 is 10.6 Å². The fourth-order valence-electron chi connectivity index (χ4n) is 1.09. The van der Waals surface area contributed by atoms with E-state index in [1.54, 1.807) is 6.20 Å². The molecule has 0 aliphatic rings. The van der Waals surface area contributed by atoms with Gasteiger partial charge in [0.2, 0.25) is 11.9 Å². The Morgan fingerprint density at radius 1 is 1.47 bits per heavy atom. The van der Waals surface area contributed by atoms with Crippen molar-refractivity contribution in [2.24, 2.45) is 0 Å². The molecule has 82 valence electrons. The molecule has 0 atom stereocenters. The van der Waals surface area contributed by atoms with Crippen LogP contribution in [0.25, 0.3) is 0 Å². The molecular formula is C10H16N4O. The summed E-state index contributed by atoms with van der Waals surface area (Å²) in [5.41, 5.74) is 1.01. The van der Waals surface area contributed by atoms with Gasteiger partial charge in [0.15, 0.2) is 0 Å². The summed E-state index contributed by atoms with van der Waals surface area (Å²) in [7, 11) is 0. The Balaban J connectivity index is 2.33. The highest BCUT2D eigenvalue weighted by Crippen LogP contribution is 1.99. The van der Waals surface area contributed by atoms with Crippen LogP contribution in [0.3, 0.4) is 0 Å². The van der Waals surface area contributed by atoms with Gasteiger partial charge in [-0.15, -0.1) is 0 Å². The van der Waals surface area contributed by atoms with Crippen LogP contribution in [0.1, 0.15) is 19.5 Å². The van der Waals surface area contributed by atoms with E-state index in [0.717, 1.165) is 12.1 Å². The first-order valence-electron chi connectivity index (χ1n) is 5.02. The van der Waals surface area contributed by atoms with Crippen LogP contribution in [0.4, 0.5) is 5.95 Å². The maximum Gasteiger partial charge on any atom is 0.222 e. The summed E-state index contributed by atoms with van der Waals surface area (Å²) in [4.78, 5) is 18.9. The van der Waals surface area contributed by atoms with Gasteiger partial charge in [0.1, 0.15) is 0 Å². The summed E-state index contributed by atoms with van der Waals surface area (Å²) >= 11 is 0. The molecule has 0 aromatic carbocycles. The van der Waals surface area contributed by atoms with Crippen LogP contribution in [0, 0.1) is 0 Å². The van der Waals surface area contributed by atoms with Crippen molar-refractivity contribution < 1.29 is 4.79 Å². The number of anilines is 1. The Kier molecular flexibility index (Phi) is 4.53. The predicted molar refractivity (Wildman–Crippen MR) is 58.6 cm³/mol. The van der Waals surface area contributed by atoms with Crippen molar-refractivity contribution >= 4 is 11.9 Å². The number of carbonyl (C=O) groups excluding carboxylic acids is 1. The Labute approximate surface area is 89.3 Å². The van der Waals surface area contributed by atoms with Crippen LogP contribution in [0.2, 0.25) is 0 Å². The average Bonchev–Trinajstić information content (AvgIpc) is 2.24. The topological polar surface area (TPSA) is 66.9 Å². The minimum Gasteiger partial charge on any atom is -0.355 e. The van der Waals surface area contributed by atoms with Crippen molar-refractivity contribution in [3.05, 3.63) is 18.0 Å². The van der Waals surface area contributed by atoms with Gasteiger partial charge in [0, 0.05) is 31.9 Å². The van der Waals surface area contributed by atoms with Gasteiger partial charge in [0.05, 0.1) is 0 Å². The Hall–Kier alpha value is -1.65. The first-order valence-corrected chi connectivity index (χ1v) is 5.02. The van der Waals surface area contributed by atoms with Gasteiger partial charge in [-0.1, -0.05) is 6.92 Å². The lowest BCUT2D eigenvalue weighted by Crippen LogP contribution is -2.26. The largest absolute Gasteiger partial charge is 0.355 e. The van der Waals surface area contributed by atoms with E-state index >= 15 is 0 Å². The van der Waals surface area contributed by atoms with Gasteiger partial charge >= 0.3 is 0 Å². The molecule has 0 fully saturated rings. The third-order valence-corrected chi connectivity index (χ3v) is 1.86. The number of nitrogens with one attached hydrogen (secondary N) is 2. The maximum absolute atomic E-state index is 10.6. The lowest BCUT2D eigenvalue weighted by atomic mass is 10.3. The van der Waals surface area contributed by atoms with Crippen LogP contribution >= 0.6 is 0 Å². The molecule has 1 amide bonds. The molecule has 0 aliphatic heterocycles. The van der Waals surface area contributed by atoms with E-state index in [9.17, 15) is 4.79 Å². The van der Waals surface area contributed by atoms with Crippen molar-refractivity contribution in [2.75, 3.05) is 18.4 Å². The summed E-state index contributed by atoms with van der Waals surface area (Å²) in [6, 6.07) is 1.89. The molecular weight excluding hydrogens is 192 g/mol. The van der Waals surface area contributed by atoms with Gasteiger partial charge in [-0.05, 0) is 12.5 Å². The molecule has 1 aromatic heterocycles. The smallest absolute Gasteiger partial charge is 0.222 e. The summed E-state index contributed by atoms with van der Waals surface area (Å²) < 4.78 is 0. The molecule has 1 heterocycles. The molecule has 2 N–H and O–H groups in total. The number of hydrogen-bond acceptors (Lipinski definition) is 4. The molecule has 0 radical (unpaired) electrons. The normalized spacial score (nSPS) is 9.73. The lowest BCUT2D eigenvalue weighted by molar-refractivity contribution is -0.118. The van der Waals surface area contributed by atoms with E-state index in [1.807, 2.05) is 13.0 Å². The van der Waals surface area contributed by atoms with E-state index in [0.29, 0.717) is 19.0 Å². The average molecular weight is 208 g/mol. The molecule has 0 unspecified atom stereocenters. The summed E-state index contributed by atoms with van der Waals surface area (Å²) in [5, 5.41) is 5.73. The van der Waals surface area contributed by atoms with Gasteiger partial charge in [-0.25, -0.2) is 9.97 Å².